The lowest BCUT2D eigenvalue weighted by Gasteiger charge is -2.29. The lowest BCUT2D eigenvalue weighted by atomic mass is 9.85. The van der Waals surface area contributed by atoms with Crippen molar-refractivity contribution in [2.75, 3.05) is 19.8 Å². The summed E-state index contributed by atoms with van der Waals surface area (Å²) in [7, 11) is 0. The van der Waals surface area contributed by atoms with E-state index in [1.54, 1.807) is 0 Å². The van der Waals surface area contributed by atoms with Gasteiger partial charge in [-0.15, -0.1) is 0 Å². The first-order valence-electron chi connectivity index (χ1n) is 7.23. The molecule has 0 saturated carbocycles. The van der Waals surface area contributed by atoms with Crippen molar-refractivity contribution in [2.45, 2.75) is 40.2 Å². The quantitative estimate of drug-likeness (QED) is 0.885. The summed E-state index contributed by atoms with van der Waals surface area (Å²) in [5, 5.41) is 3.58. The fourth-order valence-electron chi connectivity index (χ4n) is 2.50. The molecule has 4 heteroatoms. The lowest BCUT2D eigenvalue weighted by Crippen LogP contribution is -2.26. The molecule has 0 fully saturated rings. The number of nitrogens with one attached hydrogen (secondary N) is 1. The molecule has 112 valence electrons. The Morgan fingerprint density at radius 3 is 2.35 bits per heavy atom. The highest BCUT2D eigenvalue weighted by molar-refractivity contribution is 9.10. The summed E-state index contributed by atoms with van der Waals surface area (Å²) in [6, 6.07) is 4.44. The molecule has 0 radical (unpaired) electrons. The first-order valence-corrected chi connectivity index (χ1v) is 8.02. The van der Waals surface area contributed by atoms with Crippen LogP contribution in [0.5, 0.6) is 11.5 Å². The molecule has 1 N–H and O–H groups in total. The first-order chi connectivity index (χ1) is 9.40. The van der Waals surface area contributed by atoms with Gasteiger partial charge in [0.1, 0.15) is 13.2 Å². The number of halogens is 1. The van der Waals surface area contributed by atoms with Gasteiger partial charge in [-0.05, 0) is 36.1 Å². The second kappa shape index (κ2) is 6.35. The van der Waals surface area contributed by atoms with Gasteiger partial charge in [0.05, 0.1) is 0 Å². The maximum Gasteiger partial charge on any atom is 0.162 e. The van der Waals surface area contributed by atoms with Crippen LogP contribution in [0.2, 0.25) is 0 Å². The SMILES string of the molecule is CCNC(CC(C)(C)C)c1cc2c(cc1Br)OCCO2. The first kappa shape index (κ1) is 15.6. The van der Waals surface area contributed by atoms with Crippen LogP contribution in [-0.4, -0.2) is 19.8 Å². The number of ether oxygens (including phenoxy) is 2. The molecule has 1 heterocycles. The third-order valence-corrected chi connectivity index (χ3v) is 3.99. The summed E-state index contributed by atoms with van der Waals surface area (Å²) in [5.74, 6) is 1.68. The van der Waals surface area contributed by atoms with Gasteiger partial charge in [0, 0.05) is 10.5 Å². The Morgan fingerprint density at radius 1 is 1.20 bits per heavy atom. The smallest absolute Gasteiger partial charge is 0.162 e. The van der Waals surface area contributed by atoms with Crippen molar-refractivity contribution in [2.24, 2.45) is 5.41 Å². The van der Waals surface area contributed by atoms with Gasteiger partial charge in [0.15, 0.2) is 11.5 Å². The minimum atomic E-state index is 0.263. The highest BCUT2D eigenvalue weighted by Gasteiger charge is 2.24. The highest BCUT2D eigenvalue weighted by atomic mass is 79.9. The molecule has 1 aromatic carbocycles. The van der Waals surface area contributed by atoms with Gasteiger partial charge in [-0.1, -0.05) is 43.6 Å². The largest absolute Gasteiger partial charge is 0.486 e. The minimum absolute atomic E-state index is 0.263. The number of benzene rings is 1. The van der Waals surface area contributed by atoms with E-state index < -0.39 is 0 Å². The van der Waals surface area contributed by atoms with Crippen LogP contribution in [0.4, 0.5) is 0 Å². The Bertz CT molecular complexity index is 468. The molecule has 1 unspecified atom stereocenters. The van der Waals surface area contributed by atoms with Crippen molar-refractivity contribution in [3.8, 4) is 11.5 Å². The Labute approximate surface area is 130 Å². The molecule has 1 atom stereocenters. The molecule has 0 saturated heterocycles. The second-order valence-corrected chi connectivity index (χ2v) is 7.25. The number of fused-ring (bicyclic) bond motifs is 1. The van der Waals surface area contributed by atoms with E-state index in [-0.39, 0.29) is 5.41 Å². The number of hydrogen-bond donors (Lipinski definition) is 1. The average Bonchev–Trinajstić information content (AvgIpc) is 2.36. The van der Waals surface area contributed by atoms with Crippen LogP contribution in [0.15, 0.2) is 16.6 Å². The molecule has 0 bridgehead atoms. The van der Waals surface area contributed by atoms with E-state index in [4.69, 9.17) is 9.47 Å². The highest BCUT2D eigenvalue weighted by Crippen LogP contribution is 2.40. The van der Waals surface area contributed by atoms with Crippen LogP contribution in [0.25, 0.3) is 0 Å². The van der Waals surface area contributed by atoms with E-state index in [9.17, 15) is 0 Å². The van der Waals surface area contributed by atoms with Gasteiger partial charge in [0.25, 0.3) is 0 Å². The van der Waals surface area contributed by atoms with Gasteiger partial charge in [0.2, 0.25) is 0 Å². The molecule has 2 rings (SSSR count). The van der Waals surface area contributed by atoms with Crippen LogP contribution in [0, 0.1) is 5.41 Å². The summed E-state index contributed by atoms with van der Waals surface area (Å²) in [5.41, 5.74) is 1.51. The fraction of sp³-hybridized carbons (Fsp3) is 0.625. The summed E-state index contributed by atoms with van der Waals surface area (Å²) in [4.78, 5) is 0. The van der Waals surface area contributed by atoms with E-state index in [1.807, 2.05) is 6.07 Å². The Kier molecular flexibility index (Phi) is 4.97. The van der Waals surface area contributed by atoms with Crippen molar-refractivity contribution in [3.05, 3.63) is 22.2 Å². The van der Waals surface area contributed by atoms with E-state index in [0.29, 0.717) is 19.3 Å². The Hall–Kier alpha value is -0.740. The zero-order chi connectivity index (χ0) is 14.8. The monoisotopic (exact) mass is 341 g/mol. The zero-order valence-electron chi connectivity index (χ0n) is 12.8. The summed E-state index contributed by atoms with van der Waals surface area (Å²) < 4.78 is 12.4. The van der Waals surface area contributed by atoms with Gasteiger partial charge in [-0.3, -0.25) is 0 Å². The summed E-state index contributed by atoms with van der Waals surface area (Å²) in [6.07, 6.45) is 1.07. The van der Waals surface area contributed by atoms with Gasteiger partial charge < -0.3 is 14.8 Å². The van der Waals surface area contributed by atoms with E-state index in [2.05, 4.69) is 55.0 Å². The van der Waals surface area contributed by atoms with Crippen molar-refractivity contribution in [1.29, 1.82) is 0 Å². The molecule has 1 aliphatic heterocycles. The van der Waals surface area contributed by atoms with Crippen molar-refractivity contribution < 1.29 is 9.47 Å². The molecular formula is C16H24BrNO2. The predicted octanol–water partition coefficient (Wildman–Crippen LogP) is 4.31. The van der Waals surface area contributed by atoms with Crippen molar-refractivity contribution >= 4 is 15.9 Å². The van der Waals surface area contributed by atoms with Crippen LogP contribution in [0.1, 0.15) is 45.7 Å². The van der Waals surface area contributed by atoms with Gasteiger partial charge >= 0.3 is 0 Å². The Morgan fingerprint density at radius 2 is 1.80 bits per heavy atom. The molecule has 0 spiro atoms. The van der Waals surface area contributed by atoms with E-state index in [1.165, 1.54) is 5.56 Å². The molecule has 20 heavy (non-hydrogen) atoms. The summed E-state index contributed by atoms with van der Waals surface area (Å²) >= 11 is 3.68. The second-order valence-electron chi connectivity index (χ2n) is 6.39. The summed E-state index contributed by atoms with van der Waals surface area (Å²) in [6.45, 7) is 11.1. The average molecular weight is 342 g/mol. The van der Waals surface area contributed by atoms with E-state index in [0.717, 1.165) is 28.9 Å². The third-order valence-electron chi connectivity index (χ3n) is 3.30. The van der Waals surface area contributed by atoms with Gasteiger partial charge in [-0.2, -0.15) is 0 Å². The van der Waals surface area contributed by atoms with Crippen molar-refractivity contribution in [3.63, 3.8) is 0 Å². The molecule has 0 aromatic heterocycles. The number of rotatable bonds is 4. The van der Waals surface area contributed by atoms with Crippen LogP contribution < -0.4 is 14.8 Å². The maximum absolute atomic E-state index is 5.70. The van der Waals surface area contributed by atoms with Crippen molar-refractivity contribution in [1.82, 2.24) is 5.32 Å². The molecule has 1 aromatic rings. The van der Waals surface area contributed by atoms with Gasteiger partial charge in [-0.25, -0.2) is 0 Å². The topological polar surface area (TPSA) is 30.5 Å². The maximum atomic E-state index is 5.70. The normalized spacial score (nSPS) is 16.1. The zero-order valence-corrected chi connectivity index (χ0v) is 14.3. The molecular weight excluding hydrogens is 318 g/mol. The molecule has 0 amide bonds. The fourth-order valence-corrected chi connectivity index (χ4v) is 3.10. The molecule has 1 aliphatic rings. The minimum Gasteiger partial charge on any atom is -0.486 e. The number of hydrogen-bond acceptors (Lipinski definition) is 3. The standard InChI is InChI=1S/C16H24BrNO2/c1-5-18-13(10-16(2,3)4)11-8-14-15(9-12(11)17)20-7-6-19-14/h8-9,13,18H,5-7,10H2,1-4H3. The molecule has 0 aliphatic carbocycles. The van der Waals surface area contributed by atoms with Crippen LogP contribution in [0.3, 0.4) is 0 Å². The Balaban J connectivity index is 2.32. The molecule has 3 nitrogen and oxygen atoms in total. The third kappa shape index (κ3) is 3.89. The van der Waals surface area contributed by atoms with E-state index >= 15 is 0 Å². The lowest BCUT2D eigenvalue weighted by molar-refractivity contribution is 0.171. The predicted molar refractivity (Wildman–Crippen MR) is 85.6 cm³/mol. The van der Waals surface area contributed by atoms with Crippen LogP contribution >= 0.6 is 15.9 Å². The van der Waals surface area contributed by atoms with Crippen LogP contribution in [-0.2, 0) is 0 Å².